The number of aromatic nitrogens is 1. The lowest BCUT2D eigenvalue weighted by atomic mass is 9.73. The van der Waals surface area contributed by atoms with Gasteiger partial charge in [0.25, 0.3) is 0 Å². The number of thiophene rings is 1. The molecule has 83 heavy (non-hydrogen) atoms. The van der Waals surface area contributed by atoms with Gasteiger partial charge in [0, 0.05) is 37.5 Å². The predicted octanol–water partition coefficient (Wildman–Crippen LogP) is 9.47. The molecule has 4 aliphatic rings. The minimum atomic E-state index is -1.51. The first-order valence-electron chi connectivity index (χ1n) is 28.7. The zero-order valence-corrected chi connectivity index (χ0v) is 50.7. The Hall–Kier alpha value is -6.08. The van der Waals surface area contributed by atoms with Gasteiger partial charge >= 0.3 is 24.0 Å². The van der Waals surface area contributed by atoms with Crippen LogP contribution in [0.5, 0.6) is 0 Å². The highest BCUT2D eigenvalue weighted by Crippen LogP contribution is 2.44. The molecule has 0 saturated carbocycles. The van der Waals surface area contributed by atoms with E-state index in [-0.39, 0.29) is 31.7 Å². The highest BCUT2D eigenvalue weighted by molar-refractivity contribution is 7.16. The number of alkyl carbamates (subject to hydrolysis) is 1. The zero-order valence-electron chi connectivity index (χ0n) is 49.9. The third-order valence-corrected chi connectivity index (χ3v) is 18.1. The van der Waals surface area contributed by atoms with Crippen molar-refractivity contribution in [2.24, 2.45) is 23.7 Å². The second-order valence-electron chi connectivity index (χ2n) is 23.4. The number of fused-ring (bicyclic) bond motifs is 1. The largest absolute Gasteiger partial charge is 0.458 e. The first kappa shape index (κ1) is 63.0. The molecule has 18 atom stereocenters. The highest BCUT2D eigenvalue weighted by Gasteiger charge is 2.59. The minimum absolute atomic E-state index is 0.0116. The minimum Gasteiger partial charge on any atom is -0.458 e. The topological polar surface area (TPSA) is 206 Å². The molecule has 6 heterocycles. The molecule has 8 rings (SSSR count). The fraction of sp³-hybridized carbons (Fsp3) is 0.562. The lowest BCUT2D eigenvalue weighted by molar-refractivity contribution is -0.319. The summed E-state index contributed by atoms with van der Waals surface area (Å²) in [5, 5.41) is 2.89. The van der Waals surface area contributed by atoms with Gasteiger partial charge in [-0.05, 0) is 123 Å². The van der Waals surface area contributed by atoms with Crippen molar-refractivity contribution >= 4 is 41.1 Å². The van der Waals surface area contributed by atoms with Crippen LogP contribution in [-0.4, -0.2) is 152 Å². The Morgan fingerprint density at radius 3 is 2.07 bits per heavy atom. The van der Waals surface area contributed by atoms with E-state index in [0.29, 0.717) is 17.5 Å². The van der Waals surface area contributed by atoms with Crippen molar-refractivity contribution in [3.05, 3.63) is 113 Å². The molecule has 0 radical (unpaired) electrons. The molecule has 4 aliphatic heterocycles. The van der Waals surface area contributed by atoms with Crippen LogP contribution in [0.3, 0.4) is 0 Å². The van der Waals surface area contributed by atoms with E-state index < -0.39 is 132 Å². The van der Waals surface area contributed by atoms with E-state index in [9.17, 15) is 14.4 Å². The number of pyridine rings is 1. The Morgan fingerprint density at radius 2 is 1.45 bits per heavy atom. The van der Waals surface area contributed by atoms with E-state index in [1.165, 1.54) is 18.4 Å². The normalized spacial score (nSPS) is 35.1. The zero-order chi connectivity index (χ0) is 60.0. The number of nitrogens with one attached hydrogen (secondary N) is 1. The number of amides is 1. The van der Waals surface area contributed by atoms with Crippen LogP contribution in [0.4, 0.5) is 4.79 Å². The van der Waals surface area contributed by atoms with E-state index in [4.69, 9.17) is 47.4 Å². The third-order valence-electron chi connectivity index (χ3n) is 17.1. The molecule has 0 unspecified atom stereocenters. The number of hydrogen-bond donors (Lipinski definition) is 1. The molecular weight excluding hydrogens is 1080 g/mol. The fourth-order valence-electron chi connectivity index (χ4n) is 12.5. The van der Waals surface area contributed by atoms with Crippen LogP contribution in [0.1, 0.15) is 121 Å². The second kappa shape index (κ2) is 26.9. The Bertz CT molecular complexity index is 2940. The monoisotopic (exact) mass is 1160 g/mol. The number of esters is 3. The van der Waals surface area contributed by atoms with E-state index in [2.05, 4.69) is 22.1 Å². The molecule has 19 heteroatoms. The van der Waals surface area contributed by atoms with Crippen molar-refractivity contribution in [3.8, 4) is 22.4 Å². The summed E-state index contributed by atoms with van der Waals surface area (Å²) >= 11 is 1.48. The van der Waals surface area contributed by atoms with Crippen LogP contribution in [0.15, 0.2) is 97.2 Å². The smallest absolute Gasteiger partial charge is 0.408 e. The SMILES string of the molecule is CC[C@H]1OC(=O)[C@H](C)[C@@H](O[C@H]2C[C@@](C)(OC)[C@@H](OC(=O)c3ccccc3)[C@H](C)O2)[C@H](C)[C@@H](O[C@@H]2O[C@H](C)C[C@H](N(C)C)[C@H]2OC(=O)c2ccccc2)[C@@](C)(OCC#Cc2ccc(-c3ccccn3)s2)C[C@@H](C)C(=O)[C@H](C)[C@H]2NC(=O)O[C@]21C. The predicted molar refractivity (Wildman–Crippen MR) is 309 cm³/mol. The quantitative estimate of drug-likeness (QED) is 0.0709. The summed E-state index contributed by atoms with van der Waals surface area (Å²) in [6, 6.07) is 25.6. The molecule has 1 N–H and O–H groups in total. The van der Waals surface area contributed by atoms with Crippen LogP contribution in [0, 0.1) is 35.5 Å². The third kappa shape index (κ3) is 14.2. The van der Waals surface area contributed by atoms with E-state index in [1.807, 2.05) is 96.9 Å². The highest BCUT2D eigenvalue weighted by atomic mass is 32.1. The maximum Gasteiger partial charge on any atom is 0.408 e. The summed E-state index contributed by atoms with van der Waals surface area (Å²) in [7, 11) is 5.32. The number of carbonyl (C=O) groups excluding carboxylic acids is 5. The van der Waals surface area contributed by atoms with Gasteiger partial charge in [-0.3, -0.25) is 14.6 Å². The van der Waals surface area contributed by atoms with Crippen LogP contribution >= 0.6 is 11.3 Å². The molecule has 4 aromatic rings. The molecule has 2 aromatic heterocycles. The number of hydrogen-bond acceptors (Lipinski definition) is 18. The number of rotatable bonds is 14. The van der Waals surface area contributed by atoms with Gasteiger partial charge in [-0.2, -0.15) is 0 Å². The van der Waals surface area contributed by atoms with Crippen LogP contribution < -0.4 is 5.32 Å². The standard InChI is InChI=1S/C64H81N3O15S/c1-14-49-64(10)54(66-61(72)82-64)39(4)51(68)37(2)35-63(9,74-33-23-28-45-30-31-48(83-45)46-29-21-22-32-65-46)55(81-60-53(47(67(11)12)34-38(3)75-60)79-58(70)43-24-17-15-18-25-43)40(5)52(41(6)57(69)77-49)78-50-36-62(8,73-13)56(42(7)76-50)80-59(71)44-26-19-16-20-27-44/h15-22,24-27,29-32,37-42,47,49-50,52-56,60H,14,33-36H2,1-13H3,(H,66,72)/t37-,38-,39+,40+,41-,42+,47+,49-,50+,52+,53-,54-,55-,56+,60+,62-,63+,64+/m1/s1. The molecule has 1 amide bonds. The van der Waals surface area contributed by atoms with Crippen molar-refractivity contribution in [2.45, 2.75) is 179 Å². The number of benzene rings is 2. The Morgan fingerprint density at radius 1 is 0.783 bits per heavy atom. The van der Waals surface area contributed by atoms with E-state index in [1.54, 1.807) is 88.5 Å². The molecule has 2 aromatic carbocycles. The molecule has 448 valence electrons. The summed E-state index contributed by atoms with van der Waals surface area (Å²) in [5.41, 5.74) is -2.67. The molecule has 0 aliphatic carbocycles. The fourth-order valence-corrected chi connectivity index (χ4v) is 13.4. The molecule has 0 spiro atoms. The molecule has 0 bridgehead atoms. The molecule has 4 fully saturated rings. The Labute approximate surface area is 491 Å². The van der Waals surface area contributed by atoms with Gasteiger partial charge in [-0.1, -0.05) is 82.0 Å². The van der Waals surface area contributed by atoms with E-state index in [0.717, 1.165) is 15.4 Å². The summed E-state index contributed by atoms with van der Waals surface area (Å²) < 4.78 is 66.6. The first-order chi connectivity index (χ1) is 39.5. The number of methoxy groups -OCH3 is 1. The van der Waals surface area contributed by atoms with Crippen LogP contribution in [0.2, 0.25) is 0 Å². The van der Waals surface area contributed by atoms with Gasteiger partial charge < -0.3 is 57.6 Å². The summed E-state index contributed by atoms with van der Waals surface area (Å²) in [4.78, 5) is 79.7. The number of ketones is 1. The lowest BCUT2D eigenvalue weighted by Crippen LogP contribution is -2.62. The number of ether oxygens (including phenoxy) is 10. The molecule has 4 saturated heterocycles. The van der Waals surface area contributed by atoms with Gasteiger partial charge in [0.2, 0.25) is 0 Å². The summed E-state index contributed by atoms with van der Waals surface area (Å²) in [6.07, 6.45) is -7.15. The second-order valence-corrected chi connectivity index (χ2v) is 24.5. The number of Topliss-reactive ketones (excluding diaryl/α,β-unsaturated/α-hetero) is 1. The van der Waals surface area contributed by atoms with Crippen molar-refractivity contribution in [2.75, 3.05) is 27.8 Å². The van der Waals surface area contributed by atoms with Gasteiger partial charge in [0.15, 0.2) is 30.4 Å². The number of nitrogens with zero attached hydrogens (tertiary/aromatic N) is 2. The summed E-state index contributed by atoms with van der Waals surface area (Å²) in [5.74, 6) is 0.743. The summed E-state index contributed by atoms with van der Waals surface area (Å²) in [6.45, 7) is 17.8. The van der Waals surface area contributed by atoms with Crippen LogP contribution in [-0.2, 0) is 57.0 Å². The average molecular weight is 1160 g/mol. The van der Waals surface area contributed by atoms with Crippen molar-refractivity contribution in [3.63, 3.8) is 0 Å². The van der Waals surface area contributed by atoms with Gasteiger partial charge in [-0.25, -0.2) is 14.4 Å². The first-order valence-corrected chi connectivity index (χ1v) is 29.5. The van der Waals surface area contributed by atoms with Gasteiger partial charge in [0.05, 0.1) is 74.6 Å². The van der Waals surface area contributed by atoms with Crippen molar-refractivity contribution in [1.82, 2.24) is 15.2 Å². The molecular formula is C64H81N3O15S. The lowest BCUT2D eigenvalue weighted by Gasteiger charge is -2.50. The number of cyclic esters (lactones) is 1. The van der Waals surface area contributed by atoms with Gasteiger partial charge in [0.1, 0.15) is 24.1 Å². The van der Waals surface area contributed by atoms with E-state index >= 15 is 9.59 Å². The maximum atomic E-state index is 15.2. The maximum absolute atomic E-state index is 15.2. The number of carbonyl (C=O) groups is 5. The van der Waals surface area contributed by atoms with Crippen molar-refractivity contribution in [1.29, 1.82) is 0 Å². The van der Waals surface area contributed by atoms with Crippen LogP contribution in [0.25, 0.3) is 10.6 Å². The Kier molecular flexibility index (Phi) is 20.4. The number of likely N-dealkylation sites (N-methyl/N-ethyl adjacent to an activating group) is 1. The molecule has 18 nitrogen and oxygen atoms in total. The average Bonchev–Trinajstić information content (AvgIpc) is 4.24. The van der Waals surface area contributed by atoms with Gasteiger partial charge in [-0.15, -0.1) is 11.3 Å². The van der Waals surface area contributed by atoms with Crippen molar-refractivity contribution < 1.29 is 71.3 Å². The Balaban J connectivity index is 1.25.